The molecular formula is C13H8BrNS2. The van der Waals surface area contributed by atoms with Gasteiger partial charge in [-0.05, 0) is 23.6 Å². The Hall–Kier alpha value is -0.970. The molecule has 0 atom stereocenters. The molecule has 3 aromatic rings. The molecule has 0 amide bonds. The van der Waals surface area contributed by atoms with Crippen LogP contribution in [0.25, 0.3) is 21.1 Å². The lowest BCUT2D eigenvalue weighted by molar-refractivity contribution is 1.42. The van der Waals surface area contributed by atoms with Crippen LogP contribution in [-0.4, -0.2) is 4.98 Å². The highest BCUT2D eigenvalue weighted by atomic mass is 79.9. The highest BCUT2D eigenvalue weighted by Crippen LogP contribution is 2.31. The maximum Gasteiger partial charge on any atom is 0.124 e. The molecule has 1 nitrogen and oxygen atoms in total. The SMILES string of the molecule is Brc1ccc(-c2nc(-c3cccs3)cs2)cc1. The zero-order valence-corrected chi connectivity index (χ0v) is 12.0. The Kier molecular flexibility index (Phi) is 3.09. The van der Waals surface area contributed by atoms with Crippen LogP contribution in [0, 0.1) is 0 Å². The molecule has 0 fully saturated rings. The lowest BCUT2D eigenvalue weighted by Gasteiger charge is -1.95. The topological polar surface area (TPSA) is 12.9 Å². The molecule has 4 heteroatoms. The van der Waals surface area contributed by atoms with E-state index in [2.05, 4.69) is 55.9 Å². The Morgan fingerprint density at radius 2 is 1.82 bits per heavy atom. The van der Waals surface area contributed by atoms with E-state index in [0.29, 0.717) is 0 Å². The van der Waals surface area contributed by atoms with Crippen LogP contribution in [0.4, 0.5) is 0 Å². The standard InChI is InChI=1S/C13H8BrNS2/c14-10-5-3-9(4-6-10)13-15-11(8-17-13)12-2-1-7-16-12/h1-8H. The fourth-order valence-corrected chi connectivity index (χ4v) is 3.39. The zero-order valence-electron chi connectivity index (χ0n) is 8.76. The van der Waals surface area contributed by atoms with Crippen molar-refractivity contribution in [1.29, 1.82) is 0 Å². The number of benzene rings is 1. The van der Waals surface area contributed by atoms with Crippen molar-refractivity contribution in [2.75, 3.05) is 0 Å². The lowest BCUT2D eigenvalue weighted by Crippen LogP contribution is -1.76. The third-order valence-corrected chi connectivity index (χ3v) is 4.68. The first-order chi connectivity index (χ1) is 8.33. The molecule has 0 aliphatic rings. The molecule has 84 valence electrons. The van der Waals surface area contributed by atoms with E-state index >= 15 is 0 Å². The van der Waals surface area contributed by atoms with Crippen LogP contribution in [0.15, 0.2) is 51.6 Å². The number of thiazole rings is 1. The van der Waals surface area contributed by atoms with Crippen LogP contribution >= 0.6 is 38.6 Å². The Labute approximate surface area is 116 Å². The van der Waals surface area contributed by atoms with Crippen molar-refractivity contribution in [2.24, 2.45) is 0 Å². The Morgan fingerprint density at radius 1 is 1.00 bits per heavy atom. The van der Waals surface area contributed by atoms with Gasteiger partial charge >= 0.3 is 0 Å². The fourth-order valence-electron chi connectivity index (χ4n) is 1.54. The summed E-state index contributed by atoms with van der Waals surface area (Å²) >= 11 is 6.85. The number of rotatable bonds is 2. The summed E-state index contributed by atoms with van der Waals surface area (Å²) in [5.41, 5.74) is 2.24. The van der Waals surface area contributed by atoms with Crippen LogP contribution in [0.2, 0.25) is 0 Å². The minimum Gasteiger partial charge on any atom is -0.235 e. The summed E-state index contributed by atoms with van der Waals surface area (Å²) in [5, 5.41) is 5.26. The van der Waals surface area contributed by atoms with E-state index in [1.165, 1.54) is 10.4 Å². The molecule has 0 bridgehead atoms. The molecule has 0 unspecified atom stereocenters. The highest BCUT2D eigenvalue weighted by molar-refractivity contribution is 9.10. The van der Waals surface area contributed by atoms with Gasteiger partial charge in [-0.15, -0.1) is 22.7 Å². The average Bonchev–Trinajstić information content (AvgIpc) is 3.00. The number of thiophene rings is 1. The number of aromatic nitrogens is 1. The van der Waals surface area contributed by atoms with Crippen molar-refractivity contribution in [2.45, 2.75) is 0 Å². The first kappa shape index (κ1) is 11.1. The number of hydrogen-bond acceptors (Lipinski definition) is 3. The smallest absolute Gasteiger partial charge is 0.124 e. The third-order valence-electron chi connectivity index (χ3n) is 2.37. The molecular weight excluding hydrogens is 314 g/mol. The van der Waals surface area contributed by atoms with Gasteiger partial charge in [0, 0.05) is 15.4 Å². The van der Waals surface area contributed by atoms with Gasteiger partial charge in [-0.3, -0.25) is 0 Å². The molecule has 1 aromatic carbocycles. The largest absolute Gasteiger partial charge is 0.235 e. The maximum absolute atomic E-state index is 4.67. The van der Waals surface area contributed by atoms with Crippen LogP contribution in [0.1, 0.15) is 0 Å². The molecule has 0 aliphatic heterocycles. The van der Waals surface area contributed by atoms with Crippen LogP contribution in [0.3, 0.4) is 0 Å². The molecule has 2 heterocycles. The molecule has 17 heavy (non-hydrogen) atoms. The van der Waals surface area contributed by atoms with E-state index in [0.717, 1.165) is 15.2 Å². The minimum atomic E-state index is 1.07. The summed E-state index contributed by atoms with van der Waals surface area (Å²) < 4.78 is 1.09. The molecule has 0 saturated carbocycles. The molecule has 0 spiro atoms. The van der Waals surface area contributed by atoms with Crippen molar-refractivity contribution in [1.82, 2.24) is 4.98 Å². The fraction of sp³-hybridized carbons (Fsp3) is 0. The second-order valence-electron chi connectivity index (χ2n) is 3.52. The first-order valence-corrected chi connectivity index (χ1v) is 7.63. The number of halogens is 1. The summed E-state index contributed by atoms with van der Waals surface area (Å²) in [6, 6.07) is 12.4. The van der Waals surface area contributed by atoms with Gasteiger partial charge in [0.25, 0.3) is 0 Å². The van der Waals surface area contributed by atoms with E-state index < -0.39 is 0 Å². The second kappa shape index (κ2) is 4.72. The molecule has 2 aromatic heterocycles. The zero-order chi connectivity index (χ0) is 11.7. The van der Waals surface area contributed by atoms with Gasteiger partial charge in [-0.2, -0.15) is 0 Å². The second-order valence-corrected chi connectivity index (χ2v) is 6.24. The number of nitrogens with zero attached hydrogens (tertiary/aromatic N) is 1. The van der Waals surface area contributed by atoms with E-state index in [4.69, 9.17) is 0 Å². The minimum absolute atomic E-state index is 1.07. The summed E-state index contributed by atoms with van der Waals surface area (Å²) in [4.78, 5) is 5.89. The van der Waals surface area contributed by atoms with Gasteiger partial charge in [0.2, 0.25) is 0 Å². The van der Waals surface area contributed by atoms with Crippen LogP contribution < -0.4 is 0 Å². The third kappa shape index (κ3) is 2.34. The van der Waals surface area contributed by atoms with Crippen LogP contribution in [0.5, 0.6) is 0 Å². The summed E-state index contributed by atoms with van der Waals surface area (Å²) in [6.45, 7) is 0. The van der Waals surface area contributed by atoms with E-state index in [1.807, 2.05) is 12.1 Å². The van der Waals surface area contributed by atoms with Crippen molar-refractivity contribution >= 4 is 38.6 Å². The lowest BCUT2D eigenvalue weighted by atomic mass is 10.2. The van der Waals surface area contributed by atoms with Gasteiger partial charge < -0.3 is 0 Å². The van der Waals surface area contributed by atoms with Gasteiger partial charge in [0.15, 0.2) is 0 Å². The maximum atomic E-state index is 4.67. The highest BCUT2D eigenvalue weighted by Gasteiger charge is 2.06. The van der Waals surface area contributed by atoms with E-state index in [-0.39, 0.29) is 0 Å². The number of hydrogen-bond donors (Lipinski definition) is 0. The predicted octanol–water partition coefficient (Wildman–Crippen LogP) is 5.30. The van der Waals surface area contributed by atoms with Crippen molar-refractivity contribution < 1.29 is 0 Å². The quantitative estimate of drug-likeness (QED) is 0.624. The molecule has 0 aliphatic carbocycles. The molecule has 0 N–H and O–H groups in total. The van der Waals surface area contributed by atoms with Crippen molar-refractivity contribution in [3.05, 3.63) is 51.6 Å². The van der Waals surface area contributed by atoms with E-state index in [1.54, 1.807) is 22.7 Å². The average molecular weight is 322 g/mol. The summed E-state index contributed by atoms with van der Waals surface area (Å²) in [5.74, 6) is 0. The Morgan fingerprint density at radius 3 is 2.53 bits per heavy atom. The normalized spacial score (nSPS) is 10.6. The summed E-state index contributed by atoms with van der Waals surface area (Å²) in [7, 11) is 0. The predicted molar refractivity (Wildman–Crippen MR) is 78.6 cm³/mol. The first-order valence-electron chi connectivity index (χ1n) is 5.08. The van der Waals surface area contributed by atoms with Crippen molar-refractivity contribution in [3.8, 4) is 21.1 Å². The van der Waals surface area contributed by atoms with E-state index in [9.17, 15) is 0 Å². The monoisotopic (exact) mass is 321 g/mol. The van der Waals surface area contributed by atoms with Gasteiger partial charge in [0.1, 0.15) is 5.01 Å². The van der Waals surface area contributed by atoms with Gasteiger partial charge in [-0.1, -0.05) is 34.1 Å². The van der Waals surface area contributed by atoms with Crippen LogP contribution in [-0.2, 0) is 0 Å². The molecule has 0 radical (unpaired) electrons. The Balaban J connectivity index is 1.98. The molecule has 0 saturated heterocycles. The summed E-state index contributed by atoms with van der Waals surface area (Å²) in [6.07, 6.45) is 0. The molecule has 3 rings (SSSR count). The van der Waals surface area contributed by atoms with Crippen molar-refractivity contribution in [3.63, 3.8) is 0 Å². The van der Waals surface area contributed by atoms with Gasteiger partial charge in [-0.25, -0.2) is 4.98 Å². The van der Waals surface area contributed by atoms with Gasteiger partial charge in [0.05, 0.1) is 10.6 Å². The Bertz CT molecular complexity index is 611.